The number of carboxylic acids is 1. The van der Waals surface area contributed by atoms with Crippen LogP contribution in [0.5, 0.6) is 0 Å². The lowest BCUT2D eigenvalue weighted by atomic mass is 10.1. The van der Waals surface area contributed by atoms with Crippen molar-refractivity contribution in [3.63, 3.8) is 0 Å². The van der Waals surface area contributed by atoms with E-state index in [1.807, 2.05) is 0 Å². The van der Waals surface area contributed by atoms with Crippen LogP contribution in [0.1, 0.15) is 23.2 Å². The molecular weight excluding hydrogens is 284 g/mol. The summed E-state index contributed by atoms with van der Waals surface area (Å²) in [5.74, 6) is -1.28. The molecule has 22 heavy (non-hydrogen) atoms. The summed E-state index contributed by atoms with van der Waals surface area (Å²) in [4.78, 5) is 39.1. The van der Waals surface area contributed by atoms with E-state index in [0.717, 1.165) is 12.8 Å². The average molecular weight is 302 g/mol. The van der Waals surface area contributed by atoms with Gasteiger partial charge in [-0.25, -0.2) is 4.79 Å². The van der Waals surface area contributed by atoms with Crippen LogP contribution in [-0.2, 0) is 9.59 Å². The van der Waals surface area contributed by atoms with Gasteiger partial charge in [-0.2, -0.15) is 0 Å². The fourth-order valence-electron chi connectivity index (χ4n) is 2.77. The predicted octanol–water partition coefficient (Wildman–Crippen LogP) is 0.834. The monoisotopic (exact) mass is 302 g/mol. The van der Waals surface area contributed by atoms with Crippen molar-refractivity contribution in [3.8, 4) is 0 Å². The highest BCUT2D eigenvalue weighted by atomic mass is 16.4. The van der Waals surface area contributed by atoms with Crippen molar-refractivity contribution >= 4 is 17.8 Å². The Morgan fingerprint density at radius 3 is 2.32 bits per heavy atom. The molecule has 2 amide bonds. The van der Waals surface area contributed by atoms with Crippen LogP contribution < -0.4 is 0 Å². The molecule has 0 aromatic heterocycles. The SMILES string of the molecule is O=C(O)C1CN(C(=O)C2CC2)CCN1C(=O)c1ccccc1. The van der Waals surface area contributed by atoms with Crippen molar-refractivity contribution < 1.29 is 19.5 Å². The van der Waals surface area contributed by atoms with E-state index < -0.39 is 12.0 Å². The molecule has 0 bridgehead atoms. The van der Waals surface area contributed by atoms with Gasteiger partial charge >= 0.3 is 5.97 Å². The van der Waals surface area contributed by atoms with Gasteiger partial charge in [-0.05, 0) is 25.0 Å². The molecule has 1 unspecified atom stereocenters. The minimum Gasteiger partial charge on any atom is -0.480 e. The van der Waals surface area contributed by atoms with E-state index in [-0.39, 0.29) is 30.8 Å². The zero-order valence-corrected chi connectivity index (χ0v) is 12.1. The maximum absolute atomic E-state index is 12.5. The number of nitrogens with zero attached hydrogens (tertiary/aromatic N) is 2. The second-order valence-electron chi connectivity index (χ2n) is 5.78. The minimum atomic E-state index is -1.07. The summed E-state index contributed by atoms with van der Waals surface area (Å²) in [5, 5.41) is 9.43. The number of carbonyl (C=O) groups excluding carboxylic acids is 2. The molecule has 3 rings (SSSR count). The highest BCUT2D eigenvalue weighted by Crippen LogP contribution is 2.31. The summed E-state index contributed by atoms with van der Waals surface area (Å²) >= 11 is 0. The van der Waals surface area contributed by atoms with Gasteiger partial charge in [-0.1, -0.05) is 18.2 Å². The topological polar surface area (TPSA) is 77.9 Å². The van der Waals surface area contributed by atoms with Crippen LogP contribution in [0, 0.1) is 5.92 Å². The van der Waals surface area contributed by atoms with Crippen molar-refractivity contribution in [2.75, 3.05) is 19.6 Å². The fraction of sp³-hybridized carbons (Fsp3) is 0.438. The molecule has 1 aliphatic carbocycles. The molecule has 0 radical (unpaired) electrons. The molecule has 1 atom stereocenters. The minimum absolute atomic E-state index is 0.0260. The summed E-state index contributed by atoms with van der Waals surface area (Å²) in [6.07, 6.45) is 1.78. The first-order valence-corrected chi connectivity index (χ1v) is 7.45. The Bertz CT molecular complexity index is 597. The number of piperazine rings is 1. The molecule has 2 aliphatic rings. The van der Waals surface area contributed by atoms with Gasteiger partial charge in [-0.3, -0.25) is 9.59 Å². The quantitative estimate of drug-likeness (QED) is 0.897. The Morgan fingerprint density at radius 1 is 1.05 bits per heavy atom. The number of hydrogen-bond acceptors (Lipinski definition) is 3. The number of benzene rings is 1. The third-order valence-corrected chi connectivity index (χ3v) is 4.19. The van der Waals surface area contributed by atoms with Crippen LogP contribution in [0.25, 0.3) is 0 Å². The number of carboxylic acid groups (broad SMARTS) is 1. The summed E-state index contributed by atoms with van der Waals surface area (Å²) in [5.41, 5.74) is 0.468. The maximum Gasteiger partial charge on any atom is 0.328 e. The van der Waals surface area contributed by atoms with Gasteiger partial charge < -0.3 is 14.9 Å². The average Bonchev–Trinajstić information content (AvgIpc) is 3.38. The van der Waals surface area contributed by atoms with E-state index in [4.69, 9.17) is 0 Å². The van der Waals surface area contributed by atoms with Crippen LogP contribution >= 0.6 is 0 Å². The summed E-state index contributed by atoms with van der Waals surface area (Å²) in [6, 6.07) is 7.65. The Kier molecular flexibility index (Phi) is 3.83. The normalized spacial score (nSPS) is 21.5. The van der Waals surface area contributed by atoms with Crippen LogP contribution in [0.3, 0.4) is 0 Å². The zero-order chi connectivity index (χ0) is 15.7. The molecular formula is C16H18N2O4. The first-order chi connectivity index (χ1) is 10.6. The zero-order valence-electron chi connectivity index (χ0n) is 12.1. The van der Waals surface area contributed by atoms with Crippen LogP contribution in [0.2, 0.25) is 0 Å². The first-order valence-electron chi connectivity index (χ1n) is 7.45. The predicted molar refractivity (Wildman–Crippen MR) is 78.2 cm³/mol. The van der Waals surface area contributed by atoms with E-state index in [0.29, 0.717) is 12.1 Å². The molecule has 1 aromatic rings. The van der Waals surface area contributed by atoms with E-state index in [2.05, 4.69) is 0 Å². The number of rotatable bonds is 3. The van der Waals surface area contributed by atoms with Crippen molar-refractivity contribution in [2.24, 2.45) is 5.92 Å². The molecule has 1 saturated carbocycles. The largest absolute Gasteiger partial charge is 0.480 e. The molecule has 6 nitrogen and oxygen atoms in total. The van der Waals surface area contributed by atoms with Crippen molar-refractivity contribution in [1.82, 2.24) is 9.80 Å². The van der Waals surface area contributed by atoms with Gasteiger partial charge in [-0.15, -0.1) is 0 Å². The second-order valence-corrected chi connectivity index (χ2v) is 5.78. The lowest BCUT2D eigenvalue weighted by Gasteiger charge is -2.39. The molecule has 116 valence electrons. The third kappa shape index (κ3) is 2.81. The number of aliphatic carboxylic acids is 1. The van der Waals surface area contributed by atoms with Gasteiger partial charge in [0.25, 0.3) is 5.91 Å². The Hall–Kier alpha value is -2.37. The molecule has 2 fully saturated rings. The first kappa shape index (κ1) is 14.6. The van der Waals surface area contributed by atoms with Crippen molar-refractivity contribution in [2.45, 2.75) is 18.9 Å². The maximum atomic E-state index is 12.5. The van der Waals surface area contributed by atoms with Crippen LogP contribution in [-0.4, -0.2) is 58.4 Å². The molecule has 1 heterocycles. The fourth-order valence-corrected chi connectivity index (χ4v) is 2.77. The van der Waals surface area contributed by atoms with Gasteiger partial charge in [0.15, 0.2) is 0 Å². The molecule has 6 heteroatoms. The lowest BCUT2D eigenvalue weighted by molar-refractivity contribution is -0.147. The summed E-state index contributed by atoms with van der Waals surface area (Å²) in [7, 11) is 0. The number of carbonyl (C=O) groups is 3. The van der Waals surface area contributed by atoms with E-state index >= 15 is 0 Å². The molecule has 0 spiro atoms. The molecule has 1 saturated heterocycles. The molecule has 1 aliphatic heterocycles. The molecule has 1 N–H and O–H groups in total. The van der Waals surface area contributed by atoms with Gasteiger partial charge in [0.2, 0.25) is 5.91 Å². The Morgan fingerprint density at radius 2 is 1.73 bits per heavy atom. The smallest absolute Gasteiger partial charge is 0.328 e. The van der Waals surface area contributed by atoms with Crippen LogP contribution in [0.15, 0.2) is 30.3 Å². The second kappa shape index (κ2) is 5.79. The lowest BCUT2D eigenvalue weighted by Crippen LogP contribution is -2.59. The summed E-state index contributed by atoms with van der Waals surface area (Å²) in [6.45, 7) is 0.726. The van der Waals surface area contributed by atoms with Gasteiger partial charge in [0.05, 0.1) is 6.54 Å². The van der Waals surface area contributed by atoms with Gasteiger partial charge in [0, 0.05) is 24.6 Å². The number of hydrogen-bond donors (Lipinski definition) is 1. The standard InChI is InChI=1S/C16H18N2O4/c19-14(12-6-7-12)17-8-9-18(13(10-17)16(21)22)15(20)11-4-2-1-3-5-11/h1-5,12-13H,6-10H2,(H,21,22). The molecule has 1 aromatic carbocycles. The highest BCUT2D eigenvalue weighted by molar-refractivity contribution is 5.97. The van der Waals surface area contributed by atoms with Crippen molar-refractivity contribution in [3.05, 3.63) is 35.9 Å². The summed E-state index contributed by atoms with van der Waals surface area (Å²) < 4.78 is 0. The third-order valence-electron chi connectivity index (χ3n) is 4.19. The Labute approximate surface area is 128 Å². The van der Waals surface area contributed by atoms with E-state index in [1.165, 1.54) is 4.90 Å². The number of amides is 2. The highest BCUT2D eigenvalue weighted by Gasteiger charge is 2.41. The van der Waals surface area contributed by atoms with E-state index in [9.17, 15) is 19.5 Å². The van der Waals surface area contributed by atoms with E-state index in [1.54, 1.807) is 35.2 Å². The Balaban J connectivity index is 1.76. The van der Waals surface area contributed by atoms with Gasteiger partial charge in [0.1, 0.15) is 6.04 Å². The van der Waals surface area contributed by atoms with Crippen molar-refractivity contribution in [1.29, 1.82) is 0 Å². The van der Waals surface area contributed by atoms with Crippen LogP contribution in [0.4, 0.5) is 0 Å².